The van der Waals surface area contributed by atoms with Gasteiger partial charge >= 0.3 is 51.4 Å². The summed E-state index contributed by atoms with van der Waals surface area (Å²) < 4.78 is 29.7. The van der Waals surface area contributed by atoms with Crippen LogP contribution in [0.5, 0.6) is 0 Å². The zero-order valence-corrected chi connectivity index (χ0v) is 25.0. The maximum absolute atomic E-state index is 11.6. The Hall–Kier alpha value is 0.756. The largest absolute Gasteiger partial charge is 1.00 e. The van der Waals surface area contributed by atoms with Crippen molar-refractivity contribution >= 4 is 16.0 Å². The van der Waals surface area contributed by atoms with Gasteiger partial charge in [0.1, 0.15) is 0 Å². The molecule has 0 radical (unpaired) electrons. The maximum atomic E-state index is 11.6. The number of hydrogen-bond acceptors (Lipinski definition) is 4. The molecule has 5 nitrogen and oxygen atoms in total. The molecule has 0 saturated heterocycles. The molecule has 0 heterocycles. The predicted molar refractivity (Wildman–Crippen MR) is 131 cm³/mol. The van der Waals surface area contributed by atoms with Crippen LogP contribution in [0.2, 0.25) is 0 Å². The summed E-state index contributed by atoms with van der Waals surface area (Å²) in [6, 6.07) is 0. The van der Waals surface area contributed by atoms with Crippen LogP contribution in [-0.2, 0) is 10.1 Å². The number of allylic oxidation sites excluding steroid dienone is 1. The maximum Gasteiger partial charge on any atom is 1.00 e. The fourth-order valence-corrected chi connectivity index (χ4v) is 4.20. The van der Waals surface area contributed by atoms with Crippen LogP contribution in [0.15, 0.2) is 17.1 Å². The van der Waals surface area contributed by atoms with Gasteiger partial charge in [0.25, 0.3) is 10.1 Å². The number of hydrogen-bond donors (Lipinski definition) is 1. The van der Waals surface area contributed by atoms with Crippen molar-refractivity contribution in [1.82, 2.24) is 0 Å². The first-order valence-electron chi connectivity index (χ1n) is 12.8. The van der Waals surface area contributed by atoms with Crippen LogP contribution < -0.4 is 56.5 Å². The molecule has 0 rings (SSSR count). The fourth-order valence-electron chi connectivity index (χ4n) is 3.63. The molecule has 0 aromatic heterocycles. The standard InChI is InChI=1S/C25H49NO4S.K/c1-2-3-4-5-6-7-8-9-10-11-12-13-14-15-16-17-18-19-22-25(27)26-23-20-21-24-31(28,29)30;/h19,22H,2-18,20-21,23-24H2,1H3,(H,26,27)(H,28,29,30);/q;+1/p-1/b22-19+;. The van der Waals surface area contributed by atoms with E-state index in [9.17, 15) is 13.5 Å². The average Bonchev–Trinajstić information content (AvgIpc) is 2.71. The number of rotatable bonds is 23. The van der Waals surface area contributed by atoms with Gasteiger partial charge in [-0.05, 0) is 31.6 Å². The van der Waals surface area contributed by atoms with Crippen LogP contribution >= 0.6 is 0 Å². The smallest absolute Gasteiger partial charge is 0.859 e. The molecule has 184 valence electrons. The van der Waals surface area contributed by atoms with Gasteiger partial charge in [-0.2, -0.15) is 8.42 Å². The van der Waals surface area contributed by atoms with Gasteiger partial charge in [0, 0.05) is 6.54 Å². The van der Waals surface area contributed by atoms with Crippen molar-refractivity contribution in [2.24, 2.45) is 4.99 Å². The Labute approximate surface area is 241 Å². The molecule has 0 saturated carbocycles. The Bertz CT molecular complexity index is 550. The molecule has 0 spiro atoms. The van der Waals surface area contributed by atoms with Crippen LogP contribution in [-0.4, -0.2) is 31.2 Å². The topological polar surface area (TPSA) is 89.8 Å². The summed E-state index contributed by atoms with van der Waals surface area (Å²) in [5, 5.41) is 11.6. The average molecular weight is 498 g/mol. The second-order valence-corrected chi connectivity index (χ2v) is 10.3. The van der Waals surface area contributed by atoms with E-state index in [4.69, 9.17) is 4.55 Å². The SMILES string of the molecule is CCCCCCCCCCCCCCCCCC/C=C/C([O-])=NCCCCS(=O)(=O)O.[K+]. The third-order valence-corrected chi connectivity index (χ3v) is 6.37. The molecular weight excluding hydrogens is 449 g/mol. The Balaban J connectivity index is 0. The first-order chi connectivity index (χ1) is 15.0. The van der Waals surface area contributed by atoms with Gasteiger partial charge in [0.05, 0.1) is 5.75 Å². The zero-order chi connectivity index (χ0) is 23.0. The van der Waals surface area contributed by atoms with Crippen LogP contribution in [0.3, 0.4) is 0 Å². The summed E-state index contributed by atoms with van der Waals surface area (Å²) in [6.07, 6.45) is 26.8. The number of aliphatic imine (C=N–C) groups is 1. The molecule has 0 aromatic carbocycles. The van der Waals surface area contributed by atoms with Crippen molar-refractivity contribution in [3.8, 4) is 0 Å². The van der Waals surface area contributed by atoms with Crippen molar-refractivity contribution in [3.63, 3.8) is 0 Å². The van der Waals surface area contributed by atoms with Crippen LogP contribution in [0.1, 0.15) is 129 Å². The van der Waals surface area contributed by atoms with E-state index < -0.39 is 10.1 Å². The van der Waals surface area contributed by atoms with E-state index >= 15 is 0 Å². The van der Waals surface area contributed by atoms with E-state index in [1.165, 1.54) is 102 Å². The molecule has 0 aromatic rings. The first-order valence-corrected chi connectivity index (χ1v) is 14.4. The Morgan fingerprint density at radius 3 is 1.62 bits per heavy atom. The molecule has 0 bridgehead atoms. The second kappa shape index (κ2) is 26.4. The Kier molecular flexibility index (Phi) is 28.8. The first kappa shape index (κ1) is 34.9. The van der Waals surface area contributed by atoms with E-state index in [0.717, 1.165) is 12.8 Å². The molecule has 0 atom stereocenters. The molecule has 32 heavy (non-hydrogen) atoms. The molecular formula is C25H48KNO4S. The molecule has 7 heteroatoms. The Morgan fingerprint density at radius 2 is 1.19 bits per heavy atom. The van der Waals surface area contributed by atoms with Gasteiger partial charge in [0.2, 0.25) is 0 Å². The zero-order valence-electron chi connectivity index (χ0n) is 21.0. The van der Waals surface area contributed by atoms with Crippen molar-refractivity contribution < 1.29 is 69.5 Å². The number of unbranched alkanes of at least 4 members (excludes halogenated alkanes) is 17. The minimum Gasteiger partial charge on any atom is -0.859 e. The van der Waals surface area contributed by atoms with Crippen molar-refractivity contribution in [2.45, 2.75) is 129 Å². The van der Waals surface area contributed by atoms with Crippen molar-refractivity contribution in [2.75, 3.05) is 12.3 Å². The van der Waals surface area contributed by atoms with Crippen LogP contribution in [0.4, 0.5) is 0 Å². The summed E-state index contributed by atoms with van der Waals surface area (Å²) in [5.41, 5.74) is 0. The molecule has 0 aliphatic heterocycles. The normalized spacial score (nSPS) is 12.4. The van der Waals surface area contributed by atoms with Crippen molar-refractivity contribution in [1.29, 1.82) is 0 Å². The van der Waals surface area contributed by atoms with E-state index in [0.29, 0.717) is 19.4 Å². The van der Waals surface area contributed by atoms with E-state index in [1.54, 1.807) is 0 Å². The van der Waals surface area contributed by atoms with Gasteiger partial charge in [-0.1, -0.05) is 115 Å². The fraction of sp³-hybridized carbons (Fsp3) is 0.880. The third kappa shape index (κ3) is 30.8. The summed E-state index contributed by atoms with van der Waals surface area (Å²) in [4.78, 5) is 3.86. The van der Waals surface area contributed by atoms with Crippen molar-refractivity contribution in [3.05, 3.63) is 12.2 Å². The minimum atomic E-state index is -3.91. The van der Waals surface area contributed by atoms with E-state index in [1.807, 2.05) is 6.08 Å². The molecule has 0 aliphatic carbocycles. The van der Waals surface area contributed by atoms with Gasteiger partial charge in [-0.3, -0.25) is 4.55 Å². The van der Waals surface area contributed by atoms with Crippen LogP contribution in [0, 0.1) is 0 Å². The predicted octanol–water partition coefficient (Wildman–Crippen LogP) is 3.63. The molecule has 0 amide bonds. The summed E-state index contributed by atoms with van der Waals surface area (Å²) >= 11 is 0. The van der Waals surface area contributed by atoms with Crippen LogP contribution in [0.25, 0.3) is 0 Å². The van der Waals surface area contributed by atoms with Gasteiger partial charge in [-0.25, -0.2) is 0 Å². The summed E-state index contributed by atoms with van der Waals surface area (Å²) in [5.74, 6) is -0.533. The number of nitrogens with zero attached hydrogens (tertiary/aromatic N) is 1. The minimum absolute atomic E-state index is 0. The second-order valence-electron chi connectivity index (χ2n) is 8.71. The quantitative estimate of drug-likeness (QED) is 0.0767. The Morgan fingerprint density at radius 1 is 0.750 bits per heavy atom. The van der Waals surface area contributed by atoms with Gasteiger partial charge in [0.15, 0.2) is 0 Å². The molecule has 0 aliphatic rings. The van der Waals surface area contributed by atoms with E-state index in [-0.39, 0.29) is 63.0 Å². The third-order valence-electron chi connectivity index (χ3n) is 5.56. The summed E-state index contributed by atoms with van der Waals surface area (Å²) in [7, 11) is -3.91. The molecule has 0 fully saturated rings. The van der Waals surface area contributed by atoms with E-state index in [2.05, 4.69) is 11.9 Å². The molecule has 1 N–H and O–H groups in total. The van der Waals surface area contributed by atoms with Gasteiger partial charge < -0.3 is 10.1 Å². The van der Waals surface area contributed by atoms with Gasteiger partial charge in [-0.15, -0.1) is 0 Å². The monoisotopic (exact) mass is 497 g/mol. The summed E-state index contributed by atoms with van der Waals surface area (Å²) in [6.45, 7) is 2.57. The molecule has 0 unspecified atom stereocenters.